The maximum atomic E-state index is 12.5. The van der Waals surface area contributed by atoms with E-state index in [9.17, 15) is 19.7 Å². The van der Waals surface area contributed by atoms with Crippen molar-refractivity contribution in [3.63, 3.8) is 0 Å². The fraction of sp³-hybridized carbons (Fsp3) is 0.400. The molecule has 1 heterocycles. The van der Waals surface area contributed by atoms with Crippen molar-refractivity contribution in [3.8, 4) is 5.75 Å². The number of carbonyl (C=O) groups is 2. The quantitative estimate of drug-likeness (QED) is 0.280. The molecule has 8 nitrogen and oxygen atoms in total. The second-order valence-electron chi connectivity index (χ2n) is 6.31. The van der Waals surface area contributed by atoms with Crippen LogP contribution in [0.3, 0.4) is 0 Å². The van der Waals surface area contributed by atoms with Gasteiger partial charge < -0.3 is 14.0 Å². The van der Waals surface area contributed by atoms with Gasteiger partial charge in [-0.15, -0.1) is 0 Å². The predicted molar refractivity (Wildman–Crippen MR) is 103 cm³/mol. The summed E-state index contributed by atoms with van der Waals surface area (Å²) in [6.45, 7) is 8.16. The van der Waals surface area contributed by atoms with Gasteiger partial charge in [-0.3, -0.25) is 14.9 Å². The Hall–Kier alpha value is -3.16. The topological polar surface area (TPSA) is 101 Å². The first-order valence-corrected chi connectivity index (χ1v) is 9.08. The van der Waals surface area contributed by atoms with Crippen molar-refractivity contribution in [2.45, 2.75) is 40.7 Å². The zero-order chi connectivity index (χ0) is 20.8. The third kappa shape index (κ3) is 4.57. The molecule has 0 radical (unpaired) electrons. The summed E-state index contributed by atoms with van der Waals surface area (Å²) in [6, 6.07) is 5.59. The van der Waals surface area contributed by atoms with E-state index in [1.54, 1.807) is 13.0 Å². The number of nitro benzene ring substituents is 1. The number of hydrogen-bond acceptors (Lipinski definition) is 6. The molecule has 0 aliphatic heterocycles. The van der Waals surface area contributed by atoms with Crippen LogP contribution in [0.2, 0.25) is 0 Å². The molecule has 0 saturated carbocycles. The maximum Gasteiger partial charge on any atom is 0.338 e. The van der Waals surface area contributed by atoms with Crippen molar-refractivity contribution >= 4 is 17.4 Å². The lowest BCUT2D eigenvalue weighted by Gasteiger charge is -2.08. The highest BCUT2D eigenvalue weighted by atomic mass is 16.6. The average Bonchev–Trinajstić information content (AvgIpc) is 2.95. The number of nitro groups is 1. The summed E-state index contributed by atoms with van der Waals surface area (Å²) in [5.74, 6) is -1.05. The molecule has 1 aromatic carbocycles. The minimum atomic E-state index is -0.804. The van der Waals surface area contributed by atoms with E-state index in [0.29, 0.717) is 5.56 Å². The molecule has 0 amide bonds. The highest BCUT2D eigenvalue weighted by molar-refractivity contribution is 6.00. The second-order valence-corrected chi connectivity index (χ2v) is 6.31. The Labute approximate surface area is 163 Å². The number of esters is 1. The van der Waals surface area contributed by atoms with Gasteiger partial charge in [-0.1, -0.05) is 6.92 Å². The number of benzene rings is 1. The van der Waals surface area contributed by atoms with Crippen LogP contribution in [0.15, 0.2) is 24.3 Å². The van der Waals surface area contributed by atoms with E-state index >= 15 is 0 Å². The number of nitrogens with zero attached hydrogens (tertiary/aromatic N) is 2. The number of Topliss-reactive ketones (excluding diaryl/α,β-unsaturated/α-hetero) is 1. The first kappa shape index (κ1) is 21.1. The summed E-state index contributed by atoms with van der Waals surface area (Å²) in [5, 5.41) is 11.2. The van der Waals surface area contributed by atoms with Gasteiger partial charge in [-0.25, -0.2) is 4.79 Å². The smallest absolute Gasteiger partial charge is 0.338 e. The molecule has 0 bridgehead atoms. The Morgan fingerprint density at radius 1 is 1.18 bits per heavy atom. The molecular weight excluding hydrogens is 364 g/mol. The highest BCUT2D eigenvalue weighted by Crippen LogP contribution is 2.28. The van der Waals surface area contributed by atoms with Gasteiger partial charge in [0, 0.05) is 29.6 Å². The van der Waals surface area contributed by atoms with E-state index in [-0.39, 0.29) is 29.4 Å². The molecule has 0 atom stereocenters. The third-order valence-corrected chi connectivity index (χ3v) is 4.35. The van der Waals surface area contributed by atoms with Crippen LogP contribution in [0.4, 0.5) is 5.69 Å². The van der Waals surface area contributed by atoms with Gasteiger partial charge >= 0.3 is 11.7 Å². The summed E-state index contributed by atoms with van der Waals surface area (Å²) >= 11 is 0. The lowest BCUT2D eigenvalue weighted by molar-refractivity contribution is -0.385. The summed E-state index contributed by atoms with van der Waals surface area (Å²) in [7, 11) is 0. The van der Waals surface area contributed by atoms with E-state index in [4.69, 9.17) is 9.47 Å². The first-order chi connectivity index (χ1) is 13.3. The fourth-order valence-electron chi connectivity index (χ4n) is 3.01. The minimum Gasteiger partial charge on any atom is -0.487 e. The fourth-order valence-corrected chi connectivity index (χ4v) is 3.01. The Balaban J connectivity index is 2.12. The lowest BCUT2D eigenvalue weighted by Crippen LogP contribution is -2.15. The van der Waals surface area contributed by atoms with Crippen LogP contribution < -0.4 is 4.74 Å². The number of ether oxygens (including phenoxy) is 2. The van der Waals surface area contributed by atoms with Crippen molar-refractivity contribution in [2.75, 3.05) is 13.2 Å². The van der Waals surface area contributed by atoms with Crippen molar-refractivity contribution in [1.82, 2.24) is 4.57 Å². The van der Waals surface area contributed by atoms with E-state index < -0.39 is 17.5 Å². The van der Waals surface area contributed by atoms with Crippen LogP contribution in [-0.4, -0.2) is 34.5 Å². The SMILES string of the molecule is CCCn1c(C)cc(C(=O)COC(=O)c2ccc(OCC)c([N+](=O)[O-])c2)c1C. The second kappa shape index (κ2) is 9.16. The zero-order valence-electron chi connectivity index (χ0n) is 16.5. The van der Waals surface area contributed by atoms with Crippen LogP contribution >= 0.6 is 0 Å². The Morgan fingerprint density at radius 3 is 2.50 bits per heavy atom. The van der Waals surface area contributed by atoms with Crippen molar-refractivity contribution in [3.05, 3.63) is 56.9 Å². The summed E-state index contributed by atoms with van der Waals surface area (Å²) < 4.78 is 12.3. The van der Waals surface area contributed by atoms with E-state index in [1.807, 2.05) is 18.4 Å². The van der Waals surface area contributed by atoms with Gasteiger partial charge in [0.2, 0.25) is 5.78 Å². The summed E-state index contributed by atoms with van der Waals surface area (Å²) in [4.78, 5) is 35.2. The molecule has 0 spiro atoms. The standard InChI is InChI=1S/C20H24N2O6/c1-5-9-21-13(3)10-16(14(21)4)18(23)12-28-20(24)15-7-8-19(27-6-2)17(11-15)22(25)26/h7-8,10-11H,5-6,9,12H2,1-4H3. The number of carbonyl (C=O) groups excluding carboxylic acids is 2. The van der Waals surface area contributed by atoms with Gasteiger partial charge in [-0.2, -0.15) is 0 Å². The molecule has 0 aliphatic carbocycles. The lowest BCUT2D eigenvalue weighted by atomic mass is 10.1. The molecule has 0 N–H and O–H groups in total. The Kier molecular flexibility index (Phi) is 6.92. The normalized spacial score (nSPS) is 10.6. The molecule has 0 fully saturated rings. The number of aryl methyl sites for hydroxylation is 1. The molecule has 0 aliphatic rings. The predicted octanol–water partition coefficient (Wildman–Crippen LogP) is 3.86. The number of hydrogen-bond donors (Lipinski definition) is 0. The van der Waals surface area contributed by atoms with Gasteiger partial charge in [0.25, 0.3) is 0 Å². The molecule has 0 unspecified atom stereocenters. The zero-order valence-corrected chi connectivity index (χ0v) is 16.5. The molecule has 28 heavy (non-hydrogen) atoms. The van der Waals surface area contributed by atoms with Crippen molar-refractivity contribution in [2.24, 2.45) is 0 Å². The van der Waals surface area contributed by atoms with Crippen LogP contribution in [0.25, 0.3) is 0 Å². The molecular formula is C20H24N2O6. The van der Waals surface area contributed by atoms with Crippen LogP contribution in [0.5, 0.6) is 5.75 Å². The van der Waals surface area contributed by atoms with Crippen LogP contribution in [0.1, 0.15) is 52.4 Å². The summed E-state index contributed by atoms with van der Waals surface area (Å²) in [5.41, 5.74) is 1.97. The average molecular weight is 388 g/mol. The highest BCUT2D eigenvalue weighted by Gasteiger charge is 2.21. The van der Waals surface area contributed by atoms with E-state index in [0.717, 1.165) is 30.4 Å². The van der Waals surface area contributed by atoms with Crippen molar-refractivity contribution < 1.29 is 24.0 Å². The van der Waals surface area contributed by atoms with Crippen LogP contribution in [0, 0.1) is 24.0 Å². The van der Waals surface area contributed by atoms with Gasteiger partial charge in [0.05, 0.1) is 17.1 Å². The van der Waals surface area contributed by atoms with Gasteiger partial charge in [0.1, 0.15) is 0 Å². The molecule has 8 heteroatoms. The first-order valence-electron chi connectivity index (χ1n) is 9.08. The molecule has 1 aromatic heterocycles. The Morgan fingerprint density at radius 2 is 1.89 bits per heavy atom. The molecule has 150 valence electrons. The van der Waals surface area contributed by atoms with E-state index in [2.05, 4.69) is 6.92 Å². The molecule has 2 rings (SSSR count). The van der Waals surface area contributed by atoms with Gasteiger partial charge in [0.15, 0.2) is 12.4 Å². The van der Waals surface area contributed by atoms with Crippen LogP contribution in [-0.2, 0) is 11.3 Å². The molecule has 2 aromatic rings. The minimum absolute atomic E-state index is 0.0144. The largest absolute Gasteiger partial charge is 0.487 e. The monoisotopic (exact) mass is 388 g/mol. The summed E-state index contributed by atoms with van der Waals surface area (Å²) in [6.07, 6.45) is 0.940. The number of aromatic nitrogens is 1. The number of ketones is 1. The Bertz CT molecular complexity index is 900. The molecule has 0 saturated heterocycles. The van der Waals surface area contributed by atoms with E-state index in [1.165, 1.54) is 12.1 Å². The maximum absolute atomic E-state index is 12.5. The van der Waals surface area contributed by atoms with Gasteiger partial charge in [-0.05, 0) is 45.4 Å². The third-order valence-electron chi connectivity index (χ3n) is 4.35. The number of rotatable bonds is 9. The van der Waals surface area contributed by atoms with Crippen molar-refractivity contribution in [1.29, 1.82) is 0 Å².